The van der Waals surface area contributed by atoms with Gasteiger partial charge in [-0.1, -0.05) is 30.3 Å². The highest BCUT2D eigenvalue weighted by molar-refractivity contribution is 6.04. The fraction of sp³-hybridized carbons (Fsp3) is 0.350. The second kappa shape index (κ2) is 6.78. The van der Waals surface area contributed by atoms with Crippen molar-refractivity contribution < 1.29 is 9.59 Å². The number of hydrogen-bond acceptors (Lipinski definition) is 4. The lowest BCUT2D eigenvalue weighted by molar-refractivity contribution is -0.135. The standard InChI is InChI=1S/C20H22N4O2/c1-23-18(20(26)24-12-6-3-7-13-24)22-17-15(19(23)25)10-11-16(21-17)14-8-4-2-5-9-14/h2,4-5,8-11,18H,3,6-7,12-13H2,1H3,(H,21,22). The second-order valence-corrected chi connectivity index (χ2v) is 6.81. The van der Waals surface area contributed by atoms with E-state index in [9.17, 15) is 9.59 Å². The van der Waals surface area contributed by atoms with E-state index < -0.39 is 6.17 Å². The maximum absolute atomic E-state index is 12.9. The molecule has 0 radical (unpaired) electrons. The zero-order valence-corrected chi connectivity index (χ0v) is 14.8. The third-order valence-corrected chi connectivity index (χ3v) is 5.08. The molecule has 1 N–H and O–H groups in total. The quantitative estimate of drug-likeness (QED) is 0.904. The summed E-state index contributed by atoms with van der Waals surface area (Å²) in [6.45, 7) is 1.51. The number of amides is 2. The topological polar surface area (TPSA) is 65.5 Å². The molecule has 2 aliphatic heterocycles. The predicted octanol–water partition coefficient (Wildman–Crippen LogP) is 2.58. The Morgan fingerprint density at radius 1 is 1.08 bits per heavy atom. The van der Waals surface area contributed by atoms with Gasteiger partial charge in [-0.15, -0.1) is 0 Å². The molecule has 0 saturated carbocycles. The summed E-state index contributed by atoms with van der Waals surface area (Å²) in [7, 11) is 1.66. The highest BCUT2D eigenvalue weighted by Gasteiger charge is 2.37. The molecule has 2 aromatic rings. The van der Waals surface area contributed by atoms with Crippen molar-refractivity contribution in [1.82, 2.24) is 14.8 Å². The molecule has 6 nitrogen and oxygen atoms in total. The van der Waals surface area contributed by atoms with Gasteiger partial charge in [0.25, 0.3) is 11.8 Å². The average Bonchev–Trinajstić information content (AvgIpc) is 2.71. The summed E-state index contributed by atoms with van der Waals surface area (Å²) in [6.07, 6.45) is 2.49. The Bertz CT molecular complexity index is 831. The molecule has 134 valence electrons. The number of carbonyl (C=O) groups is 2. The number of likely N-dealkylation sites (N-methyl/N-ethyl adjacent to an activating group) is 1. The summed E-state index contributed by atoms with van der Waals surface area (Å²) < 4.78 is 0. The second-order valence-electron chi connectivity index (χ2n) is 6.81. The third-order valence-electron chi connectivity index (χ3n) is 5.08. The first-order valence-electron chi connectivity index (χ1n) is 9.04. The van der Waals surface area contributed by atoms with E-state index in [0.717, 1.165) is 43.6 Å². The fourth-order valence-corrected chi connectivity index (χ4v) is 3.56. The van der Waals surface area contributed by atoms with Crippen molar-refractivity contribution in [2.24, 2.45) is 0 Å². The van der Waals surface area contributed by atoms with E-state index in [0.29, 0.717) is 11.4 Å². The summed E-state index contributed by atoms with van der Waals surface area (Å²) >= 11 is 0. The van der Waals surface area contributed by atoms with Crippen LogP contribution in [0.5, 0.6) is 0 Å². The van der Waals surface area contributed by atoms with Crippen molar-refractivity contribution in [2.75, 3.05) is 25.5 Å². The largest absolute Gasteiger partial charge is 0.341 e. The van der Waals surface area contributed by atoms with Crippen LogP contribution in [0.4, 0.5) is 5.82 Å². The first-order chi connectivity index (χ1) is 12.6. The molecule has 26 heavy (non-hydrogen) atoms. The molecule has 1 unspecified atom stereocenters. The number of piperidine rings is 1. The smallest absolute Gasteiger partial charge is 0.266 e. The monoisotopic (exact) mass is 350 g/mol. The predicted molar refractivity (Wildman–Crippen MR) is 99.6 cm³/mol. The van der Waals surface area contributed by atoms with E-state index in [4.69, 9.17) is 0 Å². The molecule has 0 spiro atoms. The van der Waals surface area contributed by atoms with Crippen LogP contribution in [0.15, 0.2) is 42.5 Å². The molecule has 3 heterocycles. The van der Waals surface area contributed by atoms with E-state index in [-0.39, 0.29) is 11.8 Å². The van der Waals surface area contributed by atoms with Gasteiger partial charge in [-0.25, -0.2) is 4.98 Å². The number of anilines is 1. The number of rotatable bonds is 2. The van der Waals surface area contributed by atoms with Crippen molar-refractivity contribution in [1.29, 1.82) is 0 Å². The number of pyridine rings is 1. The van der Waals surface area contributed by atoms with Crippen LogP contribution in [-0.2, 0) is 4.79 Å². The molecule has 0 bridgehead atoms. The van der Waals surface area contributed by atoms with Crippen LogP contribution in [0.1, 0.15) is 29.6 Å². The minimum Gasteiger partial charge on any atom is -0.341 e. The van der Waals surface area contributed by atoms with Crippen LogP contribution < -0.4 is 5.32 Å². The Morgan fingerprint density at radius 2 is 1.81 bits per heavy atom. The summed E-state index contributed by atoms with van der Waals surface area (Å²) in [5, 5.41) is 3.19. The normalized spacial score (nSPS) is 19.7. The lowest BCUT2D eigenvalue weighted by Crippen LogP contribution is -2.56. The van der Waals surface area contributed by atoms with Crippen molar-refractivity contribution in [3.05, 3.63) is 48.0 Å². The minimum atomic E-state index is -0.702. The van der Waals surface area contributed by atoms with E-state index >= 15 is 0 Å². The molecule has 4 rings (SSSR count). The lowest BCUT2D eigenvalue weighted by Gasteiger charge is -2.37. The van der Waals surface area contributed by atoms with Crippen LogP contribution in [0, 0.1) is 0 Å². The molecule has 1 fully saturated rings. The van der Waals surface area contributed by atoms with Gasteiger partial charge in [-0.05, 0) is 31.4 Å². The van der Waals surface area contributed by atoms with Crippen LogP contribution in [0.25, 0.3) is 11.3 Å². The molecule has 1 aromatic carbocycles. The molecule has 0 aliphatic carbocycles. The van der Waals surface area contributed by atoms with Crippen molar-refractivity contribution in [2.45, 2.75) is 25.4 Å². The molecular formula is C20H22N4O2. The van der Waals surface area contributed by atoms with E-state index in [1.807, 2.05) is 41.3 Å². The van der Waals surface area contributed by atoms with Gasteiger partial charge >= 0.3 is 0 Å². The Labute approximate surface area is 152 Å². The third kappa shape index (κ3) is 2.92. The molecule has 6 heteroatoms. The van der Waals surface area contributed by atoms with Gasteiger partial charge in [0.2, 0.25) is 0 Å². The number of carbonyl (C=O) groups excluding carboxylic acids is 2. The van der Waals surface area contributed by atoms with Crippen molar-refractivity contribution >= 4 is 17.6 Å². The number of benzene rings is 1. The molecule has 1 aromatic heterocycles. The Hall–Kier alpha value is -2.89. The van der Waals surface area contributed by atoms with Gasteiger partial charge < -0.3 is 15.1 Å². The van der Waals surface area contributed by atoms with Gasteiger partial charge in [0.05, 0.1) is 11.3 Å². The maximum atomic E-state index is 12.9. The van der Waals surface area contributed by atoms with Gasteiger partial charge in [0.1, 0.15) is 5.82 Å². The molecular weight excluding hydrogens is 328 g/mol. The Balaban J connectivity index is 1.64. The summed E-state index contributed by atoms with van der Waals surface area (Å²) in [5.41, 5.74) is 2.25. The van der Waals surface area contributed by atoms with Gasteiger partial charge in [0.15, 0.2) is 6.17 Å². The van der Waals surface area contributed by atoms with Crippen molar-refractivity contribution in [3.8, 4) is 11.3 Å². The van der Waals surface area contributed by atoms with Gasteiger partial charge in [-0.2, -0.15) is 0 Å². The summed E-state index contributed by atoms with van der Waals surface area (Å²) in [4.78, 5) is 33.6. The van der Waals surface area contributed by atoms with Crippen LogP contribution in [0.3, 0.4) is 0 Å². The highest BCUT2D eigenvalue weighted by atomic mass is 16.2. The lowest BCUT2D eigenvalue weighted by atomic mass is 10.1. The molecule has 1 saturated heterocycles. The number of likely N-dealkylation sites (tertiary alicyclic amines) is 1. The Kier molecular flexibility index (Phi) is 4.32. The molecule has 2 aliphatic rings. The number of nitrogens with one attached hydrogen (secondary N) is 1. The van der Waals surface area contributed by atoms with Crippen LogP contribution in [0.2, 0.25) is 0 Å². The number of hydrogen-bond donors (Lipinski definition) is 1. The number of fused-ring (bicyclic) bond motifs is 1. The van der Waals surface area contributed by atoms with Gasteiger partial charge in [0, 0.05) is 25.7 Å². The van der Waals surface area contributed by atoms with Crippen molar-refractivity contribution in [3.63, 3.8) is 0 Å². The average molecular weight is 350 g/mol. The first kappa shape index (κ1) is 16.6. The molecule has 2 amide bonds. The van der Waals surface area contributed by atoms with E-state index in [1.54, 1.807) is 13.1 Å². The molecule has 1 atom stereocenters. The zero-order valence-electron chi connectivity index (χ0n) is 14.8. The first-order valence-corrected chi connectivity index (χ1v) is 9.04. The fourth-order valence-electron chi connectivity index (χ4n) is 3.56. The number of nitrogens with zero attached hydrogens (tertiary/aromatic N) is 3. The zero-order chi connectivity index (χ0) is 18.1. The van der Waals surface area contributed by atoms with Crippen LogP contribution >= 0.6 is 0 Å². The van der Waals surface area contributed by atoms with Crippen LogP contribution in [-0.4, -0.2) is 52.9 Å². The highest BCUT2D eigenvalue weighted by Crippen LogP contribution is 2.27. The summed E-state index contributed by atoms with van der Waals surface area (Å²) in [6, 6.07) is 13.4. The van der Waals surface area contributed by atoms with E-state index in [1.165, 1.54) is 4.90 Å². The SMILES string of the molecule is CN1C(=O)c2ccc(-c3ccccc3)nc2NC1C(=O)N1CCCCC1. The Morgan fingerprint density at radius 3 is 2.54 bits per heavy atom. The van der Waals surface area contributed by atoms with Gasteiger partial charge in [-0.3, -0.25) is 9.59 Å². The summed E-state index contributed by atoms with van der Waals surface area (Å²) in [5.74, 6) is 0.240. The number of aromatic nitrogens is 1. The minimum absolute atomic E-state index is 0.0573. The maximum Gasteiger partial charge on any atom is 0.266 e. The van der Waals surface area contributed by atoms with E-state index in [2.05, 4.69) is 10.3 Å².